The standard InChI is InChI=1S/C13H18N2S/c1-4-13(2,3)15-12(16)14-10-11-8-6-5-7-9-11/h4-9H,1,10H2,2-3H3,(H2,14,15,16). The van der Waals surface area contributed by atoms with Gasteiger partial charge in [0, 0.05) is 6.54 Å². The summed E-state index contributed by atoms with van der Waals surface area (Å²) in [6, 6.07) is 10.2. The number of thiocarbonyl (C=S) groups is 1. The molecule has 0 heterocycles. The highest BCUT2D eigenvalue weighted by Crippen LogP contribution is 2.02. The van der Waals surface area contributed by atoms with Crippen molar-refractivity contribution < 1.29 is 0 Å². The molecule has 0 bridgehead atoms. The molecule has 86 valence electrons. The predicted molar refractivity (Wildman–Crippen MR) is 73.3 cm³/mol. The van der Waals surface area contributed by atoms with Crippen molar-refractivity contribution in [2.75, 3.05) is 0 Å². The highest BCUT2D eigenvalue weighted by molar-refractivity contribution is 7.80. The summed E-state index contributed by atoms with van der Waals surface area (Å²) in [5.74, 6) is 0. The van der Waals surface area contributed by atoms with Gasteiger partial charge in [0.2, 0.25) is 0 Å². The summed E-state index contributed by atoms with van der Waals surface area (Å²) < 4.78 is 0. The van der Waals surface area contributed by atoms with E-state index < -0.39 is 0 Å². The van der Waals surface area contributed by atoms with Gasteiger partial charge in [-0.25, -0.2) is 0 Å². The van der Waals surface area contributed by atoms with Crippen molar-refractivity contribution in [3.05, 3.63) is 48.6 Å². The monoisotopic (exact) mass is 234 g/mol. The molecule has 3 heteroatoms. The van der Waals surface area contributed by atoms with E-state index in [4.69, 9.17) is 12.2 Å². The summed E-state index contributed by atoms with van der Waals surface area (Å²) in [7, 11) is 0. The fraction of sp³-hybridized carbons (Fsp3) is 0.308. The Morgan fingerprint density at radius 1 is 1.38 bits per heavy atom. The van der Waals surface area contributed by atoms with Crippen LogP contribution in [-0.4, -0.2) is 10.7 Å². The second-order valence-electron chi connectivity index (χ2n) is 4.22. The van der Waals surface area contributed by atoms with Crippen LogP contribution >= 0.6 is 12.2 Å². The van der Waals surface area contributed by atoms with Crippen LogP contribution in [0.5, 0.6) is 0 Å². The van der Waals surface area contributed by atoms with Crippen molar-refractivity contribution >= 4 is 17.3 Å². The summed E-state index contributed by atoms with van der Waals surface area (Å²) >= 11 is 5.20. The molecule has 0 radical (unpaired) electrons. The Kier molecular flexibility index (Phi) is 4.50. The molecule has 1 aromatic carbocycles. The van der Waals surface area contributed by atoms with Crippen LogP contribution in [0.25, 0.3) is 0 Å². The second kappa shape index (κ2) is 5.66. The van der Waals surface area contributed by atoms with Crippen LogP contribution in [0.1, 0.15) is 19.4 Å². The number of rotatable bonds is 4. The predicted octanol–water partition coefficient (Wildman–Crippen LogP) is 2.62. The van der Waals surface area contributed by atoms with Gasteiger partial charge in [-0.3, -0.25) is 0 Å². The van der Waals surface area contributed by atoms with Crippen molar-refractivity contribution in [1.29, 1.82) is 0 Å². The maximum absolute atomic E-state index is 5.20. The molecule has 0 aliphatic rings. The fourth-order valence-corrected chi connectivity index (χ4v) is 1.50. The molecule has 1 rings (SSSR count). The fourth-order valence-electron chi connectivity index (χ4n) is 1.17. The van der Waals surface area contributed by atoms with E-state index in [0.29, 0.717) is 5.11 Å². The lowest BCUT2D eigenvalue weighted by molar-refractivity contribution is 0.570. The van der Waals surface area contributed by atoms with Gasteiger partial charge in [-0.05, 0) is 31.6 Å². The first kappa shape index (κ1) is 12.7. The molecule has 0 unspecified atom stereocenters. The lowest BCUT2D eigenvalue weighted by Crippen LogP contribution is -2.46. The minimum absolute atomic E-state index is 0.180. The van der Waals surface area contributed by atoms with Gasteiger partial charge in [-0.15, -0.1) is 6.58 Å². The molecular formula is C13H18N2S. The zero-order valence-electron chi connectivity index (χ0n) is 9.79. The van der Waals surface area contributed by atoms with Crippen LogP contribution in [0.2, 0.25) is 0 Å². The second-order valence-corrected chi connectivity index (χ2v) is 4.63. The lowest BCUT2D eigenvalue weighted by atomic mass is 10.1. The summed E-state index contributed by atoms with van der Waals surface area (Å²) in [6.07, 6.45) is 1.84. The zero-order valence-corrected chi connectivity index (χ0v) is 10.6. The molecule has 0 spiro atoms. The molecule has 16 heavy (non-hydrogen) atoms. The van der Waals surface area contributed by atoms with E-state index >= 15 is 0 Å². The summed E-state index contributed by atoms with van der Waals surface area (Å²) in [6.45, 7) is 8.54. The Morgan fingerprint density at radius 2 is 2.00 bits per heavy atom. The summed E-state index contributed by atoms with van der Waals surface area (Å²) in [5, 5.41) is 6.99. The van der Waals surface area contributed by atoms with Gasteiger partial charge in [0.1, 0.15) is 0 Å². The third-order valence-electron chi connectivity index (χ3n) is 2.24. The maximum atomic E-state index is 5.20. The van der Waals surface area contributed by atoms with Gasteiger partial charge >= 0.3 is 0 Å². The molecule has 0 atom stereocenters. The SMILES string of the molecule is C=CC(C)(C)NC(=S)NCc1ccccc1. The highest BCUT2D eigenvalue weighted by Gasteiger charge is 2.12. The van der Waals surface area contributed by atoms with Gasteiger partial charge in [-0.1, -0.05) is 36.4 Å². The van der Waals surface area contributed by atoms with E-state index in [1.807, 2.05) is 38.1 Å². The Morgan fingerprint density at radius 3 is 2.56 bits per heavy atom. The van der Waals surface area contributed by atoms with Crippen molar-refractivity contribution in [2.24, 2.45) is 0 Å². The van der Waals surface area contributed by atoms with E-state index in [2.05, 4.69) is 29.3 Å². The highest BCUT2D eigenvalue weighted by atomic mass is 32.1. The molecule has 1 aromatic rings. The van der Waals surface area contributed by atoms with Gasteiger partial charge in [0.25, 0.3) is 0 Å². The van der Waals surface area contributed by atoms with Crippen LogP contribution in [-0.2, 0) is 6.54 Å². The first-order valence-corrected chi connectivity index (χ1v) is 5.68. The Hall–Kier alpha value is -1.35. The summed E-state index contributed by atoms with van der Waals surface area (Å²) in [5.41, 5.74) is 1.03. The van der Waals surface area contributed by atoms with Crippen LogP contribution in [0.3, 0.4) is 0 Å². The molecule has 0 aliphatic heterocycles. The molecule has 0 amide bonds. The first-order valence-electron chi connectivity index (χ1n) is 5.27. The molecule has 0 aliphatic carbocycles. The van der Waals surface area contributed by atoms with Crippen molar-refractivity contribution in [3.8, 4) is 0 Å². The molecule has 0 fully saturated rings. The average Bonchev–Trinajstić information content (AvgIpc) is 2.27. The van der Waals surface area contributed by atoms with E-state index in [1.165, 1.54) is 5.56 Å². The summed E-state index contributed by atoms with van der Waals surface area (Å²) in [4.78, 5) is 0. The van der Waals surface area contributed by atoms with Crippen LogP contribution in [0.4, 0.5) is 0 Å². The van der Waals surface area contributed by atoms with E-state index in [9.17, 15) is 0 Å². The molecule has 0 saturated heterocycles. The van der Waals surface area contributed by atoms with Crippen LogP contribution < -0.4 is 10.6 Å². The maximum Gasteiger partial charge on any atom is 0.167 e. The normalized spacial score (nSPS) is 10.6. The zero-order chi connectivity index (χ0) is 12.0. The van der Waals surface area contributed by atoms with Gasteiger partial charge in [-0.2, -0.15) is 0 Å². The van der Waals surface area contributed by atoms with E-state index in [1.54, 1.807) is 0 Å². The van der Waals surface area contributed by atoms with Crippen LogP contribution in [0.15, 0.2) is 43.0 Å². The minimum atomic E-state index is -0.180. The number of benzene rings is 1. The largest absolute Gasteiger partial charge is 0.359 e. The third-order valence-corrected chi connectivity index (χ3v) is 2.49. The number of hydrogen-bond acceptors (Lipinski definition) is 1. The van der Waals surface area contributed by atoms with Crippen molar-refractivity contribution in [3.63, 3.8) is 0 Å². The van der Waals surface area contributed by atoms with E-state index in [-0.39, 0.29) is 5.54 Å². The van der Waals surface area contributed by atoms with Crippen molar-refractivity contribution in [2.45, 2.75) is 25.9 Å². The Labute approximate surface area is 103 Å². The number of hydrogen-bond donors (Lipinski definition) is 2. The average molecular weight is 234 g/mol. The lowest BCUT2D eigenvalue weighted by Gasteiger charge is -2.24. The van der Waals surface area contributed by atoms with Crippen molar-refractivity contribution in [1.82, 2.24) is 10.6 Å². The Balaban J connectivity index is 2.39. The van der Waals surface area contributed by atoms with Gasteiger partial charge in [0.15, 0.2) is 5.11 Å². The molecule has 2 N–H and O–H groups in total. The molecular weight excluding hydrogens is 216 g/mol. The molecule has 0 saturated carbocycles. The smallest absolute Gasteiger partial charge is 0.167 e. The minimum Gasteiger partial charge on any atom is -0.359 e. The third kappa shape index (κ3) is 4.45. The topological polar surface area (TPSA) is 24.1 Å². The quantitative estimate of drug-likeness (QED) is 0.618. The molecule has 2 nitrogen and oxygen atoms in total. The van der Waals surface area contributed by atoms with Gasteiger partial charge in [0.05, 0.1) is 5.54 Å². The number of nitrogens with one attached hydrogen (secondary N) is 2. The van der Waals surface area contributed by atoms with E-state index in [0.717, 1.165) is 6.54 Å². The molecule has 0 aromatic heterocycles. The first-order chi connectivity index (χ1) is 7.53. The Bertz CT molecular complexity index is 357. The van der Waals surface area contributed by atoms with Gasteiger partial charge < -0.3 is 10.6 Å². The van der Waals surface area contributed by atoms with Crippen LogP contribution in [0, 0.1) is 0 Å².